The molecule has 2 nitrogen and oxygen atoms in total. The van der Waals surface area contributed by atoms with Crippen LogP contribution in [0.3, 0.4) is 0 Å². The van der Waals surface area contributed by atoms with E-state index in [1.165, 1.54) is 18.2 Å². The Morgan fingerprint density at radius 1 is 1.13 bits per heavy atom. The van der Waals surface area contributed by atoms with Crippen LogP contribution in [0.15, 0.2) is 35.2 Å². The number of alkyl halides is 3. The van der Waals surface area contributed by atoms with Gasteiger partial charge in [0.25, 0.3) is 0 Å². The summed E-state index contributed by atoms with van der Waals surface area (Å²) in [4.78, 5) is -0.310. The van der Waals surface area contributed by atoms with Gasteiger partial charge in [0.05, 0.1) is 4.90 Å². The number of hydrogen-bond acceptors (Lipinski definition) is 2. The van der Waals surface area contributed by atoms with Gasteiger partial charge in [-0.2, -0.15) is 13.2 Å². The van der Waals surface area contributed by atoms with Crippen LogP contribution in [-0.4, -0.2) is 19.8 Å². The summed E-state index contributed by atoms with van der Waals surface area (Å²) < 4.78 is 59.7. The predicted octanol–water partition coefficient (Wildman–Crippen LogP) is 2.41. The summed E-state index contributed by atoms with van der Waals surface area (Å²) in [5.74, 6) is 0. The summed E-state index contributed by atoms with van der Waals surface area (Å²) in [5.41, 5.74) is 0. The number of rotatable bonds is 2. The number of hydrogen-bond donors (Lipinski definition) is 0. The topological polar surface area (TPSA) is 34.1 Å². The first-order valence-electron chi connectivity index (χ1n) is 4.12. The van der Waals surface area contributed by atoms with Crippen molar-refractivity contribution in [2.24, 2.45) is 0 Å². The van der Waals surface area contributed by atoms with E-state index in [2.05, 4.69) is 0 Å². The molecule has 0 aliphatic carbocycles. The van der Waals surface area contributed by atoms with Crippen molar-refractivity contribution >= 4 is 9.84 Å². The Kier molecular flexibility index (Phi) is 3.08. The highest BCUT2D eigenvalue weighted by Crippen LogP contribution is 2.29. The molecule has 0 heterocycles. The van der Waals surface area contributed by atoms with E-state index in [0.29, 0.717) is 6.92 Å². The van der Waals surface area contributed by atoms with Gasteiger partial charge in [-0.15, -0.1) is 0 Å². The number of benzene rings is 1. The van der Waals surface area contributed by atoms with Crippen molar-refractivity contribution in [1.82, 2.24) is 0 Å². The first-order chi connectivity index (χ1) is 6.76. The van der Waals surface area contributed by atoms with Gasteiger partial charge in [0, 0.05) is 0 Å². The van der Waals surface area contributed by atoms with Gasteiger partial charge in [0.15, 0.2) is 15.1 Å². The Hall–Kier alpha value is -1.04. The lowest BCUT2D eigenvalue weighted by Crippen LogP contribution is -2.33. The third-order valence-electron chi connectivity index (χ3n) is 2.00. The van der Waals surface area contributed by atoms with Crippen LogP contribution in [-0.2, 0) is 9.84 Å². The van der Waals surface area contributed by atoms with Crippen LogP contribution in [0.4, 0.5) is 13.2 Å². The number of halogens is 3. The highest BCUT2D eigenvalue weighted by atomic mass is 32.2. The van der Waals surface area contributed by atoms with E-state index in [1.54, 1.807) is 0 Å². The number of sulfone groups is 1. The average molecular weight is 238 g/mol. The van der Waals surface area contributed by atoms with Crippen LogP contribution in [0.25, 0.3) is 0 Å². The Labute approximate surface area is 85.6 Å². The molecule has 1 atom stereocenters. The Balaban J connectivity index is 3.16. The third kappa shape index (κ3) is 2.50. The molecule has 1 aromatic carbocycles. The Morgan fingerprint density at radius 3 is 2.00 bits per heavy atom. The molecule has 1 rings (SSSR count). The largest absolute Gasteiger partial charge is 0.405 e. The zero-order chi connectivity index (χ0) is 11.7. The van der Waals surface area contributed by atoms with Gasteiger partial charge in [-0.1, -0.05) is 18.2 Å². The Bertz CT molecular complexity index is 422. The molecule has 0 amide bonds. The van der Waals surface area contributed by atoms with Gasteiger partial charge < -0.3 is 0 Å². The fraction of sp³-hybridized carbons (Fsp3) is 0.333. The van der Waals surface area contributed by atoms with Crippen LogP contribution in [0.5, 0.6) is 0 Å². The second-order valence-electron chi connectivity index (χ2n) is 3.04. The predicted molar refractivity (Wildman–Crippen MR) is 49.1 cm³/mol. The zero-order valence-electron chi connectivity index (χ0n) is 7.82. The normalized spacial score (nSPS) is 14.9. The first-order valence-corrected chi connectivity index (χ1v) is 5.66. The maximum absolute atomic E-state index is 12.3. The fourth-order valence-electron chi connectivity index (χ4n) is 0.990. The van der Waals surface area contributed by atoms with Crippen molar-refractivity contribution in [3.8, 4) is 0 Å². The van der Waals surface area contributed by atoms with E-state index in [1.807, 2.05) is 0 Å². The molecule has 1 unspecified atom stereocenters. The molecule has 0 spiro atoms. The van der Waals surface area contributed by atoms with Crippen LogP contribution in [0.1, 0.15) is 6.92 Å². The lowest BCUT2D eigenvalue weighted by atomic mass is 10.4. The molecule has 0 saturated heterocycles. The first kappa shape index (κ1) is 12.0. The van der Waals surface area contributed by atoms with Crippen molar-refractivity contribution in [2.75, 3.05) is 0 Å². The summed E-state index contributed by atoms with van der Waals surface area (Å²) in [6, 6.07) is 6.61. The molecule has 15 heavy (non-hydrogen) atoms. The van der Waals surface area contributed by atoms with Crippen molar-refractivity contribution < 1.29 is 21.6 Å². The molecule has 0 N–H and O–H groups in total. The molecule has 0 radical (unpaired) electrons. The molecule has 0 bridgehead atoms. The standard InChI is InChI=1S/C9H9F3O2S/c1-7(9(10,11)12)15(13,14)8-5-3-2-4-6-8/h2-7H,1H3. The molecule has 84 valence electrons. The van der Waals surface area contributed by atoms with Gasteiger partial charge in [-0.25, -0.2) is 8.42 Å². The van der Waals surface area contributed by atoms with E-state index < -0.39 is 21.3 Å². The summed E-state index contributed by atoms with van der Waals surface area (Å²) in [6.45, 7) is 0.641. The quantitative estimate of drug-likeness (QED) is 0.792. The SMILES string of the molecule is CC(C(F)(F)F)S(=O)(=O)c1ccccc1. The third-order valence-corrected chi connectivity index (χ3v) is 4.13. The van der Waals surface area contributed by atoms with Crippen molar-refractivity contribution in [2.45, 2.75) is 23.2 Å². The maximum atomic E-state index is 12.3. The average Bonchev–Trinajstić information content (AvgIpc) is 2.16. The second kappa shape index (κ2) is 3.84. The minimum absolute atomic E-state index is 0.310. The van der Waals surface area contributed by atoms with E-state index in [9.17, 15) is 21.6 Å². The summed E-state index contributed by atoms with van der Waals surface area (Å²) >= 11 is 0. The van der Waals surface area contributed by atoms with Gasteiger partial charge in [-0.05, 0) is 19.1 Å². The monoisotopic (exact) mass is 238 g/mol. The van der Waals surface area contributed by atoms with Crippen molar-refractivity contribution in [3.63, 3.8) is 0 Å². The van der Waals surface area contributed by atoms with Crippen molar-refractivity contribution in [3.05, 3.63) is 30.3 Å². The molecule has 0 saturated carbocycles. The van der Waals surface area contributed by atoms with Crippen LogP contribution >= 0.6 is 0 Å². The smallest absolute Gasteiger partial charge is 0.223 e. The summed E-state index contributed by atoms with van der Waals surface area (Å²) in [7, 11) is -4.32. The van der Waals surface area contributed by atoms with Crippen LogP contribution in [0, 0.1) is 0 Å². The van der Waals surface area contributed by atoms with Crippen LogP contribution < -0.4 is 0 Å². The molecule has 6 heteroatoms. The Morgan fingerprint density at radius 2 is 1.60 bits per heavy atom. The van der Waals surface area contributed by atoms with Gasteiger partial charge in [0.2, 0.25) is 0 Å². The summed E-state index contributed by atoms with van der Waals surface area (Å²) in [5, 5.41) is -2.38. The fourth-order valence-corrected chi connectivity index (χ4v) is 2.29. The molecule has 1 aromatic rings. The molecule has 0 aromatic heterocycles. The van der Waals surface area contributed by atoms with Crippen molar-refractivity contribution in [1.29, 1.82) is 0 Å². The molecular weight excluding hydrogens is 229 g/mol. The highest BCUT2D eigenvalue weighted by Gasteiger charge is 2.45. The van der Waals surface area contributed by atoms with E-state index in [0.717, 1.165) is 12.1 Å². The van der Waals surface area contributed by atoms with E-state index in [-0.39, 0.29) is 4.90 Å². The molecule has 0 aliphatic heterocycles. The molecule has 0 fully saturated rings. The minimum Gasteiger partial charge on any atom is -0.223 e. The minimum atomic E-state index is -4.74. The lowest BCUT2D eigenvalue weighted by Gasteiger charge is -2.15. The highest BCUT2D eigenvalue weighted by molar-refractivity contribution is 7.92. The van der Waals surface area contributed by atoms with Gasteiger partial charge in [-0.3, -0.25) is 0 Å². The van der Waals surface area contributed by atoms with E-state index in [4.69, 9.17) is 0 Å². The molecule has 0 aliphatic rings. The lowest BCUT2D eigenvalue weighted by molar-refractivity contribution is -0.126. The molecular formula is C9H9F3O2S. The maximum Gasteiger partial charge on any atom is 0.405 e. The van der Waals surface area contributed by atoms with Gasteiger partial charge in [0.1, 0.15) is 0 Å². The van der Waals surface area contributed by atoms with Gasteiger partial charge >= 0.3 is 6.18 Å². The second-order valence-corrected chi connectivity index (χ2v) is 5.31. The zero-order valence-corrected chi connectivity index (χ0v) is 8.64. The van der Waals surface area contributed by atoms with E-state index >= 15 is 0 Å². The summed E-state index contributed by atoms with van der Waals surface area (Å²) in [6.07, 6.45) is -4.74. The van der Waals surface area contributed by atoms with Crippen LogP contribution in [0.2, 0.25) is 0 Å².